The van der Waals surface area contributed by atoms with E-state index in [1.165, 1.54) is 0 Å². The third-order valence-corrected chi connectivity index (χ3v) is 4.51. The highest BCUT2D eigenvalue weighted by atomic mass is 16.5. The Bertz CT molecular complexity index is 752. The van der Waals surface area contributed by atoms with Gasteiger partial charge in [0.25, 0.3) is 0 Å². The van der Waals surface area contributed by atoms with Crippen LogP contribution >= 0.6 is 0 Å². The van der Waals surface area contributed by atoms with Gasteiger partial charge in [0, 0.05) is 24.0 Å². The highest BCUT2D eigenvalue weighted by molar-refractivity contribution is 5.76. The Morgan fingerprint density at radius 2 is 0.900 bits per heavy atom. The van der Waals surface area contributed by atoms with Gasteiger partial charge in [-0.1, -0.05) is 25.7 Å². The van der Waals surface area contributed by atoms with Crippen LogP contribution in [0.3, 0.4) is 0 Å². The largest absolute Gasteiger partial charge is 0.427 e. The van der Waals surface area contributed by atoms with Crippen molar-refractivity contribution >= 4 is 24.5 Å². The van der Waals surface area contributed by atoms with Crippen molar-refractivity contribution in [2.24, 2.45) is 0 Å². The summed E-state index contributed by atoms with van der Waals surface area (Å²) in [5.41, 5.74) is 1.08. The van der Waals surface area contributed by atoms with Crippen molar-refractivity contribution in [3.63, 3.8) is 0 Å². The van der Waals surface area contributed by atoms with Gasteiger partial charge in [-0.15, -0.1) is 0 Å². The molecule has 6 heteroatoms. The molecule has 0 heterocycles. The van der Waals surface area contributed by atoms with Gasteiger partial charge in [0.2, 0.25) is 0 Å². The molecular formula is C24H26O6. The summed E-state index contributed by atoms with van der Waals surface area (Å²) in [4.78, 5) is 44.8. The zero-order valence-electron chi connectivity index (χ0n) is 16.9. The fraction of sp³-hybridized carbons (Fsp3) is 0.333. The average molecular weight is 410 g/mol. The lowest BCUT2D eigenvalue weighted by Gasteiger charge is -2.05. The van der Waals surface area contributed by atoms with E-state index in [0.717, 1.165) is 51.1 Å². The van der Waals surface area contributed by atoms with E-state index in [1.807, 2.05) is 0 Å². The average Bonchev–Trinajstić information content (AvgIpc) is 2.76. The maximum absolute atomic E-state index is 11.8. The van der Waals surface area contributed by atoms with Gasteiger partial charge in [0.1, 0.15) is 24.1 Å². The van der Waals surface area contributed by atoms with Crippen LogP contribution in [0.1, 0.15) is 72.1 Å². The summed E-state index contributed by atoms with van der Waals surface area (Å²) in [6.45, 7) is 0. The first-order valence-corrected chi connectivity index (χ1v) is 10.1. The number of unbranched alkanes of at least 4 members (excludes halogenated alkanes) is 5. The predicted molar refractivity (Wildman–Crippen MR) is 112 cm³/mol. The van der Waals surface area contributed by atoms with Gasteiger partial charge in [0.05, 0.1) is 0 Å². The van der Waals surface area contributed by atoms with Crippen LogP contribution in [0, 0.1) is 0 Å². The monoisotopic (exact) mass is 410 g/mol. The first-order valence-electron chi connectivity index (χ1n) is 10.1. The Morgan fingerprint density at radius 1 is 0.567 bits per heavy atom. The number of hydrogen-bond donors (Lipinski definition) is 0. The number of carbonyl (C=O) groups excluding carboxylic acids is 4. The lowest BCUT2D eigenvalue weighted by molar-refractivity contribution is -0.135. The van der Waals surface area contributed by atoms with Crippen LogP contribution in [0.15, 0.2) is 48.5 Å². The quantitative estimate of drug-likeness (QED) is 0.201. The van der Waals surface area contributed by atoms with Crippen molar-refractivity contribution in [3.8, 4) is 11.5 Å². The van der Waals surface area contributed by atoms with Gasteiger partial charge in [0.15, 0.2) is 0 Å². The van der Waals surface area contributed by atoms with Gasteiger partial charge in [-0.25, -0.2) is 0 Å². The Balaban J connectivity index is 1.48. The Morgan fingerprint density at radius 3 is 1.23 bits per heavy atom. The first kappa shape index (κ1) is 23.0. The summed E-state index contributed by atoms with van der Waals surface area (Å²) >= 11 is 0. The smallest absolute Gasteiger partial charge is 0.311 e. The topological polar surface area (TPSA) is 86.7 Å². The second-order valence-corrected chi connectivity index (χ2v) is 6.94. The number of esters is 2. The Labute approximate surface area is 176 Å². The van der Waals surface area contributed by atoms with Crippen LogP contribution in [-0.4, -0.2) is 24.5 Å². The Kier molecular flexibility index (Phi) is 10.00. The molecule has 0 amide bonds. The summed E-state index contributed by atoms with van der Waals surface area (Å²) in [5, 5.41) is 0. The second kappa shape index (κ2) is 13.0. The molecule has 0 aliphatic heterocycles. The van der Waals surface area contributed by atoms with E-state index in [2.05, 4.69) is 0 Å². The molecular weight excluding hydrogens is 384 g/mol. The number of aldehydes is 2. The molecule has 2 aromatic carbocycles. The molecule has 0 spiro atoms. The normalized spacial score (nSPS) is 10.3. The second-order valence-electron chi connectivity index (χ2n) is 6.94. The third-order valence-electron chi connectivity index (χ3n) is 4.51. The molecule has 158 valence electrons. The molecule has 0 atom stereocenters. The zero-order chi connectivity index (χ0) is 21.6. The van der Waals surface area contributed by atoms with E-state index in [1.54, 1.807) is 48.5 Å². The van der Waals surface area contributed by atoms with E-state index in [9.17, 15) is 19.2 Å². The maximum atomic E-state index is 11.8. The molecule has 6 nitrogen and oxygen atoms in total. The molecule has 0 aliphatic carbocycles. The molecule has 0 saturated heterocycles. The van der Waals surface area contributed by atoms with Gasteiger partial charge in [-0.3, -0.25) is 19.2 Å². The van der Waals surface area contributed by atoms with E-state index in [4.69, 9.17) is 9.47 Å². The van der Waals surface area contributed by atoms with Crippen molar-refractivity contribution < 1.29 is 28.7 Å². The number of carbonyl (C=O) groups is 4. The Hall–Kier alpha value is -3.28. The fourth-order valence-electron chi connectivity index (χ4n) is 2.84. The van der Waals surface area contributed by atoms with E-state index in [-0.39, 0.29) is 11.9 Å². The summed E-state index contributed by atoms with van der Waals surface area (Å²) < 4.78 is 10.4. The highest BCUT2D eigenvalue weighted by Crippen LogP contribution is 2.15. The van der Waals surface area contributed by atoms with Crippen molar-refractivity contribution in [3.05, 3.63) is 59.7 Å². The molecule has 0 N–H and O–H groups in total. The standard InChI is InChI=1S/C24H26O6/c25-17-19-9-13-21(14-10-19)29-23(27)7-5-3-1-2-4-6-8-24(28)30-22-15-11-20(18-26)12-16-22/h9-18H,1-8H2. The van der Waals surface area contributed by atoms with Crippen molar-refractivity contribution in [2.75, 3.05) is 0 Å². The number of benzene rings is 2. The summed E-state index contributed by atoms with van der Waals surface area (Å²) in [5.74, 6) is 0.324. The summed E-state index contributed by atoms with van der Waals surface area (Å²) in [6.07, 6.45) is 7.52. The zero-order valence-corrected chi connectivity index (χ0v) is 16.9. The molecule has 2 aromatic rings. The van der Waals surface area contributed by atoms with Gasteiger partial charge in [-0.2, -0.15) is 0 Å². The van der Waals surface area contributed by atoms with Crippen LogP contribution in [-0.2, 0) is 9.59 Å². The summed E-state index contributed by atoms with van der Waals surface area (Å²) in [6, 6.07) is 12.8. The van der Waals surface area contributed by atoms with Crippen LogP contribution in [0.5, 0.6) is 11.5 Å². The van der Waals surface area contributed by atoms with Crippen molar-refractivity contribution in [1.82, 2.24) is 0 Å². The summed E-state index contributed by atoms with van der Waals surface area (Å²) in [7, 11) is 0. The van der Waals surface area contributed by atoms with E-state index < -0.39 is 0 Å². The molecule has 0 radical (unpaired) electrons. The number of ether oxygens (including phenoxy) is 2. The first-order chi connectivity index (χ1) is 14.6. The predicted octanol–water partition coefficient (Wildman–Crippen LogP) is 4.94. The molecule has 0 saturated carbocycles. The maximum Gasteiger partial charge on any atom is 0.311 e. The van der Waals surface area contributed by atoms with Crippen molar-refractivity contribution in [2.45, 2.75) is 51.4 Å². The lowest BCUT2D eigenvalue weighted by atomic mass is 10.1. The minimum atomic E-state index is -0.280. The molecule has 0 aliphatic rings. The van der Waals surface area contributed by atoms with Crippen LogP contribution in [0.4, 0.5) is 0 Å². The number of hydrogen-bond acceptors (Lipinski definition) is 6. The molecule has 0 aromatic heterocycles. The van der Waals surface area contributed by atoms with E-state index >= 15 is 0 Å². The van der Waals surface area contributed by atoms with Gasteiger partial charge in [-0.05, 0) is 61.4 Å². The highest BCUT2D eigenvalue weighted by Gasteiger charge is 2.06. The van der Waals surface area contributed by atoms with Gasteiger partial charge >= 0.3 is 11.9 Å². The lowest BCUT2D eigenvalue weighted by Crippen LogP contribution is -2.07. The minimum Gasteiger partial charge on any atom is -0.427 e. The van der Waals surface area contributed by atoms with Crippen LogP contribution < -0.4 is 9.47 Å². The van der Waals surface area contributed by atoms with Crippen LogP contribution in [0.2, 0.25) is 0 Å². The SMILES string of the molecule is O=Cc1ccc(OC(=O)CCCCCCCCC(=O)Oc2ccc(C=O)cc2)cc1. The van der Waals surface area contributed by atoms with Crippen molar-refractivity contribution in [1.29, 1.82) is 0 Å². The molecule has 0 unspecified atom stereocenters. The van der Waals surface area contributed by atoms with Crippen LogP contribution in [0.25, 0.3) is 0 Å². The van der Waals surface area contributed by atoms with E-state index in [0.29, 0.717) is 35.5 Å². The van der Waals surface area contributed by atoms with Gasteiger partial charge < -0.3 is 9.47 Å². The molecule has 2 rings (SSSR count). The molecule has 0 bridgehead atoms. The molecule has 0 fully saturated rings. The fourth-order valence-corrected chi connectivity index (χ4v) is 2.84. The number of rotatable bonds is 13. The minimum absolute atomic E-state index is 0.280. The molecule has 30 heavy (non-hydrogen) atoms. The third kappa shape index (κ3) is 8.82.